The molecule has 1 unspecified atom stereocenters. The summed E-state index contributed by atoms with van der Waals surface area (Å²) in [5.74, 6) is 1.56. The van der Waals surface area contributed by atoms with Gasteiger partial charge in [-0.05, 0) is 59.2 Å². The zero-order chi connectivity index (χ0) is 33.0. The van der Waals surface area contributed by atoms with E-state index in [2.05, 4.69) is 155 Å². The maximum Gasteiger partial charge on any atom is 0.159 e. The van der Waals surface area contributed by atoms with E-state index in [1.165, 1.54) is 53.1 Å². The fourth-order valence-electron chi connectivity index (χ4n) is 7.23. The van der Waals surface area contributed by atoms with Gasteiger partial charge < -0.3 is 9.88 Å². The summed E-state index contributed by atoms with van der Waals surface area (Å²) in [6, 6.07) is 60.4. The van der Waals surface area contributed by atoms with Crippen LogP contribution in [0.2, 0.25) is 0 Å². The zero-order valence-electron chi connectivity index (χ0n) is 27.0. The molecule has 7 aromatic carbocycles. The monoisotopic (exact) mass is 658 g/mol. The van der Waals surface area contributed by atoms with Crippen molar-refractivity contribution in [2.45, 2.75) is 6.17 Å². The second-order valence-electron chi connectivity index (χ2n) is 12.7. The number of amidine groups is 2. The van der Waals surface area contributed by atoms with Gasteiger partial charge in [-0.15, -0.1) is 11.3 Å². The molecule has 0 saturated heterocycles. The molecule has 1 aliphatic rings. The molecule has 0 amide bonds. The number of rotatable bonds is 5. The van der Waals surface area contributed by atoms with Crippen molar-refractivity contribution in [1.82, 2.24) is 9.88 Å². The largest absolute Gasteiger partial charge is 0.344 e. The van der Waals surface area contributed by atoms with Crippen LogP contribution in [0.4, 0.5) is 0 Å². The maximum atomic E-state index is 5.06. The predicted molar refractivity (Wildman–Crippen MR) is 211 cm³/mol. The Morgan fingerprint density at radius 2 is 1.16 bits per heavy atom. The van der Waals surface area contributed by atoms with Crippen LogP contribution in [0.1, 0.15) is 22.9 Å². The van der Waals surface area contributed by atoms with Crippen molar-refractivity contribution in [3.63, 3.8) is 0 Å². The molecule has 10 rings (SSSR count). The van der Waals surface area contributed by atoms with Crippen LogP contribution in [-0.2, 0) is 0 Å². The highest BCUT2D eigenvalue weighted by Crippen LogP contribution is 2.39. The van der Waals surface area contributed by atoms with Gasteiger partial charge in [-0.3, -0.25) is 0 Å². The minimum absolute atomic E-state index is 0.231. The molecule has 2 aromatic heterocycles. The standard InChI is InChI=1S/C45H30N4S/c1-4-12-29(13-5-1)32-20-23-36-35-18-10-11-19-39(35)49(40(36)27-32)34-22-24-37-38-26-33(21-25-41(38)50-42(37)28-34)45-47-43(30-14-6-2-7-15-30)46-44(48-45)31-16-8-3-9-17-31/h1-28,43H,(H,46,47,48). The van der Waals surface area contributed by atoms with Crippen LogP contribution < -0.4 is 5.32 Å². The van der Waals surface area contributed by atoms with Gasteiger partial charge in [0.2, 0.25) is 0 Å². The van der Waals surface area contributed by atoms with Crippen molar-refractivity contribution in [3.05, 3.63) is 187 Å². The summed E-state index contributed by atoms with van der Waals surface area (Å²) in [6.07, 6.45) is -0.231. The zero-order valence-corrected chi connectivity index (χ0v) is 27.8. The van der Waals surface area contributed by atoms with Gasteiger partial charge >= 0.3 is 0 Å². The predicted octanol–water partition coefficient (Wildman–Crippen LogP) is 11.3. The Balaban J connectivity index is 1.09. The van der Waals surface area contributed by atoms with Crippen molar-refractivity contribution in [2.24, 2.45) is 9.98 Å². The molecule has 5 heteroatoms. The summed E-state index contributed by atoms with van der Waals surface area (Å²) in [5.41, 5.74) is 9.16. The lowest BCUT2D eigenvalue weighted by Crippen LogP contribution is -2.33. The van der Waals surface area contributed by atoms with Crippen molar-refractivity contribution in [1.29, 1.82) is 0 Å². The Kier molecular flexibility index (Phi) is 6.71. The van der Waals surface area contributed by atoms with E-state index >= 15 is 0 Å². The number of para-hydroxylation sites is 1. The van der Waals surface area contributed by atoms with Gasteiger partial charge in [0.15, 0.2) is 5.84 Å². The van der Waals surface area contributed by atoms with Crippen LogP contribution >= 0.6 is 11.3 Å². The number of aliphatic imine (C=N–C) groups is 2. The number of hydrogen-bond donors (Lipinski definition) is 1. The van der Waals surface area contributed by atoms with Crippen LogP contribution in [0.3, 0.4) is 0 Å². The first-order valence-electron chi connectivity index (χ1n) is 16.9. The van der Waals surface area contributed by atoms with E-state index in [0.717, 1.165) is 34.0 Å². The highest BCUT2D eigenvalue weighted by Gasteiger charge is 2.22. The van der Waals surface area contributed by atoms with Gasteiger partial charge in [0.1, 0.15) is 12.0 Å². The Hall–Kier alpha value is -6.30. The molecule has 0 bridgehead atoms. The van der Waals surface area contributed by atoms with Gasteiger partial charge in [0.25, 0.3) is 0 Å². The Morgan fingerprint density at radius 1 is 0.480 bits per heavy atom. The van der Waals surface area contributed by atoms with E-state index in [1.807, 2.05) is 35.6 Å². The number of nitrogens with one attached hydrogen (secondary N) is 1. The van der Waals surface area contributed by atoms with Crippen molar-refractivity contribution >= 4 is 65.0 Å². The number of thiophene rings is 1. The van der Waals surface area contributed by atoms with E-state index in [4.69, 9.17) is 9.98 Å². The van der Waals surface area contributed by atoms with Crippen LogP contribution in [0, 0.1) is 0 Å². The van der Waals surface area contributed by atoms with Crippen LogP contribution in [-0.4, -0.2) is 16.2 Å². The number of aromatic nitrogens is 1. The van der Waals surface area contributed by atoms with Gasteiger partial charge in [0, 0.05) is 47.8 Å². The molecule has 50 heavy (non-hydrogen) atoms. The van der Waals surface area contributed by atoms with E-state index in [0.29, 0.717) is 0 Å². The molecule has 0 spiro atoms. The topological polar surface area (TPSA) is 41.7 Å². The Labute approximate surface area is 293 Å². The van der Waals surface area contributed by atoms with Gasteiger partial charge in [-0.25, -0.2) is 9.98 Å². The van der Waals surface area contributed by atoms with Crippen molar-refractivity contribution in [2.75, 3.05) is 0 Å². The fourth-order valence-corrected chi connectivity index (χ4v) is 8.35. The average Bonchev–Trinajstić information content (AvgIpc) is 3.73. The number of nitrogens with zero attached hydrogens (tertiary/aromatic N) is 3. The molecule has 1 N–H and O–H groups in total. The Bertz CT molecular complexity index is 2780. The van der Waals surface area contributed by atoms with Crippen LogP contribution in [0.5, 0.6) is 0 Å². The molecule has 0 saturated carbocycles. The lowest BCUT2D eigenvalue weighted by Gasteiger charge is -2.23. The average molecular weight is 659 g/mol. The van der Waals surface area contributed by atoms with Crippen molar-refractivity contribution in [3.8, 4) is 16.8 Å². The van der Waals surface area contributed by atoms with E-state index < -0.39 is 0 Å². The van der Waals surface area contributed by atoms with E-state index in [9.17, 15) is 0 Å². The number of fused-ring (bicyclic) bond motifs is 6. The molecule has 3 heterocycles. The quantitative estimate of drug-likeness (QED) is 0.196. The lowest BCUT2D eigenvalue weighted by atomic mass is 10.0. The summed E-state index contributed by atoms with van der Waals surface area (Å²) in [4.78, 5) is 10.1. The van der Waals surface area contributed by atoms with Crippen molar-refractivity contribution < 1.29 is 0 Å². The highest BCUT2D eigenvalue weighted by molar-refractivity contribution is 7.25. The highest BCUT2D eigenvalue weighted by atomic mass is 32.1. The first kappa shape index (κ1) is 28.7. The van der Waals surface area contributed by atoms with Gasteiger partial charge in [-0.2, -0.15) is 0 Å². The number of hydrogen-bond acceptors (Lipinski definition) is 4. The van der Waals surface area contributed by atoms with E-state index in [-0.39, 0.29) is 6.17 Å². The first-order chi connectivity index (χ1) is 24.8. The van der Waals surface area contributed by atoms with Crippen LogP contribution in [0.25, 0.3) is 58.8 Å². The van der Waals surface area contributed by atoms with Gasteiger partial charge in [0.05, 0.1) is 11.0 Å². The summed E-state index contributed by atoms with van der Waals surface area (Å²) in [5, 5.41) is 8.62. The smallest absolute Gasteiger partial charge is 0.159 e. The summed E-state index contributed by atoms with van der Waals surface area (Å²) in [7, 11) is 0. The maximum absolute atomic E-state index is 5.06. The molecule has 0 fully saturated rings. The summed E-state index contributed by atoms with van der Waals surface area (Å²) in [6.45, 7) is 0. The minimum Gasteiger partial charge on any atom is -0.344 e. The molecule has 4 nitrogen and oxygen atoms in total. The number of benzene rings is 7. The first-order valence-corrected chi connectivity index (χ1v) is 17.7. The minimum atomic E-state index is -0.231. The molecule has 0 radical (unpaired) electrons. The molecule has 9 aromatic rings. The molecule has 1 aliphatic heterocycles. The third-order valence-corrected chi connectivity index (χ3v) is 10.8. The molecular formula is C45H30N4S. The Morgan fingerprint density at radius 3 is 1.98 bits per heavy atom. The summed E-state index contributed by atoms with van der Waals surface area (Å²) >= 11 is 1.84. The lowest BCUT2D eigenvalue weighted by molar-refractivity contribution is 0.674. The fraction of sp³-hybridized carbons (Fsp3) is 0.0222. The summed E-state index contributed by atoms with van der Waals surface area (Å²) < 4.78 is 4.93. The second kappa shape index (κ2) is 11.7. The van der Waals surface area contributed by atoms with Gasteiger partial charge in [-0.1, -0.05) is 127 Å². The molecule has 1 atom stereocenters. The normalized spacial score (nSPS) is 14.6. The third-order valence-electron chi connectivity index (χ3n) is 9.66. The molecular weight excluding hydrogens is 629 g/mol. The third kappa shape index (κ3) is 4.82. The second-order valence-corrected chi connectivity index (χ2v) is 13.8. The molecule has 236 valence electrons. The molecule has 0 aliphatic carbocycles. The SMILES string of the molecule is c1ccc(C2=NC(c3ccccc3)NC(c3ccc4sc5cc(-n6c7ccccc7c7ccc(-c8ccccc8)cc76)ccc5c4c3)=N2)cc1. The van der Waals surface area contributed by atoms with Crippen LogP contribution in [0.15, 0.2) is 180 Å². The van der Waals surface area contributed by atoms with E-state index in [1.54, 1.807) is 0 Å².